The average Bonchev–Trinajstić information content (AvgIpc) is 3.23. The summed E-state index contributed by atoms with van der Waals surface area (Å²) in [6.45, 7) is 3.90. The molecule has 0 saturated heterocycles. The lowest BCUT2D eigenvalue weighted by Gasteiger charge is -2.12. The van der Waals surface area contributed by atoms with Gasteiger partial charge in [-0.15, -0.1) is 0 Å². The molecule has 6 heteroatoms. The Kier molecular flexibility index (Phi) is 4.41. The highest BCUT2D eigenvalue weighted by Gasteiger charge is 2.28. The maximum atomic E-state index is 6.22. The van der Waals surface area contributed by atoms with Crippen LogP contribution in [-0.2, 0) is 13.2 Å². The van der Waals surface area contributed by atoms with Crippen LogP contribution in [0.3, 0.4) is 0 Å². The summed E-state index contributed by atoms with van der Waals surface area (Å²) in [5, 5.41) is 7.83. The highest BCUT2D eigenvalue weighted by Crippen LogP contribution is 2.38. The Bertz CT molecular complexity index is 611. The van der Waals surface area contributed by atoms with E-state index in [1.54, 1.807) is 0 Å². The van der Waals surface area contributed by atoms with Gasteiger partial charge in [-0.3, -0.25) is 0 Å². The summed E-state index contributed by atoms with van der Waals surface area (Å²) in [5.74, 6) is 2.44. The summed E-state index contributed by atoms with van der Waals surface area (Å²) in [7, 11) is 0. The molecule has 0 atom stereocenters. The molecule has 5 nitrogen and oxygen atoms in total. The van der Waals surface area contributed by atoms with E-state index in [2.05, 4.69) is 22.4 Å². The van der Waals surface area contributed by atoms with Crippen molar-refractivity contribution in [1.29, 1.82) is 0 Å². The summed E-state index contributed by atoms with van der Waals surface area (Å²) in [6, 6.07) is 5.73. The summed E-state index contributed by atoms with van der Waals surface area (Å²) in [4.78, 5) is 4.35. The maximum Gasteiger partial charge on any atom is 0.264 e. The van der Waals surface area contributed by atoms with Crippen molar-refractivity contribution in [3.63, 3.8) is 0 Å². The first kappa shape index (κ1) is 14.4. The first-order valence-electron chi connectivity index (χ1n) is 7.21. The number of aromatic nitrogens is 2. The second-order valence-corrected chi connectivity index (χ2v) is 5.52. The molecule has 1 aromatic heterocycles. The van der Waals surface area contributed by atoms with E-state index >= 15 is 0 Å². The zero-order valence-corrected chi connectivity index (χ0v) is 12.7. The molecular formula is C15H18ClN3O2. The predicted octanol–water partition coefficient (Wildman–Crippen LogP) is 3.29. The van der Waals surface area contributed by atoms with Gasteiger partial charge in [0.25, 0.3) is 5.89 Å². The number of nitrogens with one attached hydrogen (secondary N) is 1. The molecular weight excluding hydrogens is 290 g/mol. The van der Waals surface area contributed by atoms with Crippen LogP contribution in [-0.4, -0.2) is 16.7 Å². The number of ether oxygens (including phenoxy) is 1. The van der Waals surface area contributed by atoms with Gasteiger partial charge >= 0.3 is 0 Å². The van der Waals surface area contributed by atoms with E-state index < -0.39 is 0 Å². The highest BCUT2D eigenvalue weighted by atomic mass is 35.5. The molecule has 1 aliphatic rings. The van der Waals surface area contributed by atoms with E-state index in [9.17, 15) is 0 Å². The SMILES string of the molecule is CCNCc1cccc(Cl)c1OCc1nc(C2CC2)no1. The second-order valence-electron chi connectivity index (χ2n) is 5.12. The lowest BCUT2D eigenvalue weighted by atomic mass is 10.2. The Morgan fingerprint density at radius 3 is 3.05 bits per heavy atom. The van der Waals surface area contributed by atoms with Crippen LogP contribution in [0.15, 0.2) is 22.7 Å². The number of rotatable bonds is 7. The molecule has 0 bridgehead atoms. The Morgan fingerprint density at radius 1 is 1.43 bits per heavy atom. The molecule has 0 amide bonds. The van der Waals surface area contributed by atoms with Gasteiger partial charge in [0.1, 0.15) is 5.75 Å². The van der Waals surface area contributed by atoms with E-state index in [0.717, 1.165) is 30.8 Å². The zero-order valence-electron chi connectivity index (χ0n) is 11.9. The van der Waals surface area contributed by atoms with Crippen molar-refractivity contribution in [1.82, 2.24) is 15.5 Å². The van der Waals surface area contributed by atoms with Crippen LogP contribution >= 0.6 is 11.6 Å². The molecule has 1 heterocycles. The molecule has 21 heavy (non-hydrogen) atoms. The van der Waals surface area contributed by atoms with E-state index in [1.165, 1.54) is 0 Å². The molecule has 1 aromatic carbocycles. The van der Waals surface area contributed by atoms with Gasteiger partial charge in [0.2, 0.25) is 0 Å². The monoisotopic (exact) mass is 307 g/mol. The minimum atomic E-state index is 0.239. The van der Waals surface area contributed by atoms with Crippen molar-refractivity contribution in [3.05, 3.63) is 40.5 Å². The van der Waals surface area contributed by atoms with Gasteiger partial charge in [-0.25, -0.2) is 0 Å². The first-order chi connectivity index (χ1) is 10.3. The van der Waals surface area contributed by atoms with Gasteiger partial charge in [-0.05, 0) is 25.5 Å². The fourth-order valence-corrected chi connectivity index (χ4v) is 2.33. The molecule has 112 valence electrons. The topological polar surface area (TPSA) is 60.2 Å². The minimum absolute atomic E-state index is 0.239. The number of hydrogen-bond acceptors (Lipinski definition) is 5. The predicted molar refractivity (Wildman–Crippen MR) is 79.4 cm³/mol. The van der Waals surface area contributed by atoms with Crippen LogP contribution in [0.5, 0.6) is 5.75 Å². The van der Waals surface area contributed by atoms with Gasteiger partial charge < -0.3 is 14.6 Å². The number of halogens is 1. The largest absolute Gasteiger partial charge is 0.482 e. The standard InChI is InChI=1S/C15H18ClN3O2/c1-2-17-8-11-4-3-5-12(16)14(11)20-9-13-18-15(19-21-13)10-6-7-10/h3-5,10,17H,2,6-9H2,1H3. The lowest BCUT2D eigenvalue weighted by Crippen LogP contribution is -2.13. The molecule has 1 saturated carbocycles. The van der Waals surface area contributed by atoms with Crippen LogP contribution in [0.4, 0.5) is 0 Å². The normalized spacial score (nSPS) is 14.4. The molecule has 0 unspecified atom stereocenters. The van der Waals surface area contributed by atoms with Crippen LogP contribution in [0.25, 0.3) is 0 Å². The summed E-state index contributed by atoms with van der Waals surface area (Å²) >= 11 is 6.22. The lowest BCUT2D eigenvalue weighted by molar-refractivity contribution is 0.240. The van der Waals surface area contributed by atoms with Crippen LogP contribution in [0, 0.1) is 0 Å². The Morgan fingerprint density at radius 2 is 2.29 bits per heavy atom. The fourth-order valence-electron chi connectivity index (χ4n) is 2.08. The average molecular weight is 308 g/mol. The number of nitrogens with zero attached hydrogens (tertiary/aromatic N) is 2. The van der Waals surface area contributed by atoms with Crippen LogP contribution < -0.4 is 10.1 Å². The van der Waals surface area contributed by atoms with Gasteiger partial charge in [-0.1, -0.05) is 35.8 Å². The van der Waals surface area contributed by atoms with Crippen molar-refractivity contribution >= 4 is 11.6 Å². The van der Waals surface area contributed by atoms with Gasteiger partial charge in [0.15, 0.2) is 12.4 Å². The van der Waals surface area contributed by atoms with Crippen molar-refractivity contribution in [2.45, 2.75) is 38.8 Å². The van der Waals surface area contributed by atoms with Crippen molar-refractivity contribution in [2.75, 3.05) is 6.54 Å². The Hall–Kier alpha value is -1.59. The van der Waals surface area contributed by atoms with Crippen LogP contribution in [0.1, 0.15) is 43.0 Å². The van der Waals surface area contributed by atoms with E-state index in [4.69, 9.17) is 20.9 Å². The van der Waals surface area contributed by atoms with Gasteiger partial charge in [0, 0.05) is 18.0 Å². The van der Waals surface area contributed by atoms with Crippen molar-refractivity contribution in [2.24, 2.45) is 0 Å². The molecule has 3 rings (SSSR count). The highest BCUT2D eigenvalue weighted by molar-refractivity contribution is 6.32. The Labute approximate surface area is 128 Å². The first-order valence-corrected chi connectivity index (χ1v) is 7.59. The number of benzene rings is 1. The number of para-hydroxylation sites is 1. The minimum Gasteiger partial charge on any atom is -0.482 e. The molecule has 1 aliphatic carbocycles. The molecule has 2 aromatic rings. The summed E-state index contributed by atoms with van der Waals surface area (Å²) < 4.78 is 11.0. The van der Waals surface area contributed by atoms with E-state index in [0.29, 0.717) is 29.1 Å². The molecule has 1 N–H and O–H groups in total. The number of hydrogen-bond donors (Lipinski definition) is 1. The second kappa shape index (κ2) is 6.45. The molecule has 0 aliphatic heterocycles. The molecule has 0 spiro atoms. The third kappa shape index (κ3) is 3.54. The summed E-state index contributed by atoms with van der Waals surface area (Å²) in [6.07, 6.45) is 2.30. The van der Waals surface area contributed by atoms with Gasteiger partial charge in [-0.2, -0.15) is 4.98 Å². The quantitative estimate of drug-likeness (QED) is 0.850. The smallest absolute Gasteiger partial charge is 0.264 e. The fraction of sp³-hybridized carbons (Fsp3) is 0.467. The maximum absolute atomic E-state index is 6.22. The molecule has 0 radical (unpaired) electrons. The van der Waals surface area contributed by atoms with Crippen molar-refractivity contribution in [3.8, 4) is 5.75 Å². The van der Waals surface area contributed by atoms with Crippen molar-refractivity contribution < 1.29 is 9.26 Å². The van der Waals surface area contributed by atoms with E-state index in [-0.39, 0.29) is 6.61 Å². The van der Waals surface area contributed by atoms with Gasteiger partial charge in [0.05, 0.1) is 5.02 Å². The summed E-state index contributed by atoms with van der Waals surface area (Å²) in [5.41, 5.74) is 1.02. The third-order valence-corrected chi connectivity index (χ3v) is 3.68. The van der Waals surface area contributed by atoms with E-state index in [1.807, 2.05) is 18.2 Å². The third-order valence-electron chi connectivity index (χ3n) is 3.38. The van der Waals surface area contributed by atoms with Crippen LogP contribution in [0.2, 0.25) is 5.02 Å². The Balaban J connectivity index is 1.68. The molecule has 1 fully saturated rings. The zero-order chi connectivity index (χ0) is 14.7.